The predicted molar refractivity (Wildman–Crippen MR) is 67.0 cm³/mol. The van der Waals surface area contributed by atoms with Crippen LogP contribution in [0.3, 0.4) is 0 Å². The van der Waals surface area contributed by atoms with Crippen LogP contribution in [0.1, 0.15) is 0 Å². The van der Waals surface area contributed by atoms with E-state index < -0.39 is 50.1 Å². The SMILES string of the molecule is O.O=C(O)CN(CCN(CC(=O)O)CC(=O)O)CC(=O)O.[Ti]. The summed E-state index contributed by atoms with van der Waals surface area (Å²) in [6.45, 7) is -2.25. The summed E-state index contributed by atoms with van der Waals surface area (Å²) in [6.07, 6.45) is 0. The predicted octanol–water partition coefficient (Wildman–Crippen LogP) is -2.90. The van der Waals surface area contributed by atoms with Gasteiger partial charge in [0.25, 0.3) is 0 Å². The van der Waals surface area contributed by atoms with E-state index in [1.54, 1.807) is 0 Å². The van der Waals surface area contributed by atoms with Crippen molar-refractivity contribution in [1.82, 2.24) is 9.80 Å². The largest absolute Gasteiger partial charge is 0.480 e. The molecule has 6 N–H and O–H groups in total. The van der Waals surface area contributed by atoms with E-state index in [0.29, 0.717) is 0 Å². The van der Waals surface area contributed by atoms with Gasteiger partial charge in [-0.25, -0.2) is 0 Å². The van der Waals surface area contributed by atoms with Gasteiger partial charge in [0, 0.05) is 34.8 Å². The molecule has 0 unspecified atom stereocenters. The van der Waals surface area contributed by atoms with Crippen molar-refractivity contribution in [1.29, 1.82) is 0 Å². The first-order valence-electron chi connectivity index (χ1n) is 5.52. The average molecular weight is 358 g/mol. The van der Waals surface area contributed by atoms with Crippen molar-refractivity contribution in [3.8, 4) is 0 Å². The van der Waals surface area contributed by atoms with Crippen molar-refractivity contribution < 1.29 is 66.8 Å². The molecule has 0 aliphatic carbocycles. The Morgan fingerprint density at radius 3 is 0.909 bits per heavy atom. The molecule has 0 saturated heterocycles. The van der Waals surface area contributed by atoms with Gasteiger partial charge in [-0.1, -0.05) is 0 Å². The molecule has 0 bridgehead atoms. The minimum atomic E-state index is -1.23. The van der Waals surface area contributed by atoms with Crippen LogP contribution in [0.2, 0.25) is 0 Å². The Morgan fingerprint density at radius 2 is 0.773 bits per heavy atom. The zero-order chi connectivity index (χ0) is 15.7. The van der Waals surface area contributed by atoms with Gasteiger partial charge in [-0.3, -0.25) is 29.0 Å². The van der Waals surface area contributed by atoms with E-state index in [1.165, 1.54) is 0 Å². The van der Waals surface area contributed by atoms with Gasteiger partial charge in [0.15, 0.2) is 0 Å². The number of hydrogen-bond donors (Lipinski definition) is 4. The monoisotopic (exact) mass is 358 g/mol. The van der Waals surface area contributed by atoms with E-state index in [2.05, 4.69) is 0 Å². The molecular formula is C10H18N2O9Ti. The number of carboxylic acids is 4. The zero-order valence-electron chi connectivity index (χ0n) is 11.6. The molecular weight excluding hydrogens is 340 g/mol. The van der Waals surface area contributed by atoms with Crippen LogP contribution < -0.4 is 0 Å². The third-order valence-corrected chi connectivity index (χ3v) is 2.17. The summed E-state index contributed by atoms with van der Waals surface area (Å²) in [5.74, 6) is -4.91. The van der Waals surface area contributed by atoms with Crippen LogP contribution in [0, 0.1) is 0 Å². The summed E-state index contributed by atoms with van der Waals surface area (Å²) in [6, 6.07) is 0. The van der Waals surface area contributed by atoms with Gasteiger partial charge >= 0.3 is 23.9 Å². The second-order valence-electron chi connectivity index (χ2n) is 4.00. The Labute approximate surface area is 140 Å². The summed E-state index contributed by atoms with van der Waals surface area (Å²) in [5.41, 5.74) is 0. The molecule has 12 heteroatoms. The van der Waals surface area contributed by atoms with E-state index >= 15 is 0 Å². The summed E-state index contributed by atoms with van der Waals surface area (Å²) < 4.78 is 0. The Hall–Kier alpha value is -1.53. The number of nitrogens with zero attached hydrogens (tertiary/aromatic N) is 2. The van der Waals surface area contributed by atoms with E-state index in [1.807, 2.05) is 0 Å². The van der Waals surface area contributed by atoms with Crippen molar-refractivity contribution in [2.24, 2.45) is 0 Å². The fourth-order valence-electron chi connectivity index (χ4n) is 1.48. The van der Waals surface area contributed by atoms with Crippen LogP contribution in [-0.2, 0) is 40.9 Å². The van der Waals surface area contributed by atoms with Gasteiger partial charge in [-0.05, 0) is 0 Å². The molecule has 0 aromatic carbocycles. The number of carboxylic acid groups (broad SMARTS) is 4. The molecule has 0 aliphatic rings. The standard InChI is InChI=1S/C10H16N2O8.H2O.Ti/c13-7(14)3-11(4-8(15)16)1-2-12(5-9(17)18)6-10(19)20;;/h1-6H2,(H,13,14)(H,15,16)(H,17,18)(H,19,20);1H2;. The molecule has 0 saturated carbocycles. The molecule has 0 aliphatic heterocycles. The molecule has 0 rings (SSSR count). The topological polar surface area (TPSA) is 187 Å². The first-order valence-corrected chi connectivity index (χ1v) is 5.52. The van der Waals surface area contributed by atoms with Crippen LogP contribution in [0.25, 0.3) is 0 Å². The maximum Gasteiger partial charge on any atom is 0.317 e. The van der Waals surface area contributed by atoms with Gasteiger partial charge in [0.05, 0.1) is 26.2 Å². The number of aliphatic carboxylic acids is 4. The summed E-state index contributed by atoms with van der Waals surface area (Å²) in [7, 11) is 0. The zero-order valence-corrected chi connectivity index (χ0v) is 13.1. The maximum absolute atomic E-state index is 10.6. The fourth-order valence-corrected chi connectivity index (χ4v) is 1.48. The summed E-state index contributed by atoms with van der Waals surface area (Å²) in [5, 5.41) is 34.5. The van der Waals surface area contributed by atoms with Crippen molar-refractivity contribution in [3.63, 3.8) is 0 Å². The Morgan fingerprint density at radius 1 is 0.591 bits per heavy atom. The van der Waals surface area contributed by atoms with Gasteiger partial charge in [-0.15, -0.1) is 0 Å². The minimum absolute atomic E-state index is 0. The third-order valence-electron chi connectivity index (χ3n) is 2.17. The molecule has 126 valence electrons. The Balaban J connectivity index is -0.00000180. The Bertz CT molecular complexity index is 323. The normalized spacial score (nSPS) is 9.73. The first-order chi connectivity index (χ1) is 9.20. The Kier molecular flexibility index (Phi) is 15.2. The third kappa shape index (κ3) is 14.9. The second-order valence-corrected chi connectivity index (χ2v) is 4.00. The minimum Gasteiger partial charge on any atom is -0.480 e. The molecule has 0 aromatic heterocycles. The molecule has 22 heavy (non-hydrogen) atoms. The molecule has 0 spiro atoms. The van der Waals surface area contributed by atoms with Crippen LogP contribution in [0.5, 0.6) is 0 Å². The van der Waals surface area contributed by atoms with E-state index in [-0.39, 0.29) is 40.3 Å². The van der Waals surface area contributed by atoms with Gasteiger partial charge in [0.1, 0.15) is 0 Å². The molecule has 0 radical (unpaired) electrons. The van der Waals surface area contributed by atoms with Crippen LogP contribution in [0.15, 0.2) is 0 Å². The van der Waals surface area contributed by atoms with Crippen LogP contribution in [-0.4, -0.2) is 98.8 Å². The fraction of sp³-hybridized carbons (Fsp3) is 0.600. The van der Waals surface area contributed by atoms with E-state index in [0.717, 1.165) is 9.80 Å². The maximum atomic E-state index is 10.6. The van der Waals surface area contributed by atoms with E-state index in [4.69, 9.17) is 20.4 Å². The van der Waals surface area contributed by atoms with E-state index in [9.17, 15) is 19.2 Å². The van der Waals surface area contributed by atoms with Crippen LogP contribution in [0.4, 0.5) is 0 Å². The molecule has 0 amide bonds. The number of carbonyl (C=O) groups is 4. The molecule has 0 atom stereocenters. The molecule has 0 aromatic rings. The second kappa shape index (κ2) is 13.2. The molecule has 0 heterocycles. The van der Waals surface area contributed by atoms with Gasteiger partial charge in [0.2, 0.25) is 0 Å². The van der Waals surface area contributed by atoms with Crippen LogP contribution >= 0.6 is 0 Å². The number of rotatable bonds is 11. The van der Waals surface area contributed by atoms with Gasteiger partial charge < -0.3 is 25.9 Å². The average Bonchev–Trinajstić information content (AvgIpc) is 2.22. The summed E-state index contributed by atoms with van der Waals surface area (Å²) in [4.78, 5) is 44.4. The first kappa shape index (κ1) is 25.4. The molecule has 0 fully saturated rings. The van der Waals surface area contributed by atoms with Crippen molar-refractivity contribution >= 4 is 23.9 Å². The molecule has 11 nitrogen and oxygen atoms in total. The smallest absolute Gasteiger partial charge is 0.317 e. The quantitative estimate of drug-likeness (QED) is 0.279. The summed E-state index contributed by atoms with van der Waals surface area (Å²) >= 11 is 0. The van der Waals surface area contributed by atoms with Gasteiger partial charge in [-0.2, -0.15) is 0 Å². The number of hydrogen-bond acceptors (Lipinski definition) is 6. The van der Waals surface area contributed by atoms with Crippen molar-refractivity contribution in [3.05, 3.63) is 0 Å². The van der Waals surface area contributed by atoms with Crippen molar-refractivity contribution in [2.45, 2.75) is 0 Å². The van der Waals surface area contributed by atoms with Crippen molar-refractivity contribution in [2.75, 3.05) is 39.3 Å².